The van der Waals surface area contributed by atoms with Gasteiger partial charge in [-0.2, -0.15) is 0 Å². The van der Waals surface area contributed by atoms with Crippen molar-refractivity contribution in [1.29, 1.82) is 0 Å². The Morgan fingerprint density at radius 1 is 1.27 bits per heavy atom. The maximum atomic E-state index is 11.0. The third-order valence-electron chi connectivity index (χ3n) is 1.50. The first-order valence-electron chi connectivity index (χ1n) is 3.54. The van der Waals surface area contributed by atoms with Crippen molar-refractivity contribution in [3.8, 4) is 5.75 Å². The molecule has 0 fully saturated rings. The first-order chi connectivity index (χ1) is 5.24. The largest absolute Gasteiger partial charge is 0.294 e. The smallest absolute Gasteiger partial charge is 0.178 e. The summed E-state index contributed by atoms with van der Waals surface area (Å²) in [7, 11) is 0. The van der Waals surface area contributed by atoms with Crippen LogP contribution in [-0.4, -0.2) is 5.78 Å². The molecular formula is C9H9O2. The van der Waals surface area contributed by atoms with Crippen molar-refractivity contribution in [2.75, 3.05) is 0 Å². The summed E-state index contributed by atoms with van der Waals surface area (Å²) in [5.41, 5.74) is 0.618. The van der Waals surface area contributed by atoms with Gasteiger partial charge in [0.1, 0.15) is 0 Å². The molecule has 0 aromatic heterocycles. The summed E-state index contributed by atoms with van der Waals surface area (Å²) in [5.74, 6) is 0.0163. The maximum absolute atomic E-state index is 11.0. The monoisotopic (exact) mass is 149 g/mol. The third kappa shape index (κ3) is 1.80. The molecule has 1 radical (unpaired) electrons. The Labute approximate surface area is 65.5 Å². The number of ketones is 1. The summed E-state index contributed by atoms with van der Waals surface area (Å²) < 4.78 is 0. The van der Waals surface area contributed by atoms with Crippen molar-refractivity contribution in [3.63, 3.8) is 0 Å². The van der Waals surface area contributed by atoms with Crippen LogP contribution < -0.4 is 0 Å². The normalized spacial score (nSPS) is 9.55. The zero-order chi connectivity index (χ0) is 8.27. The van der Waals surface area contributed by atoms with Gasteiger partial charge in [-0.3, -0.25) is 9.90 Å². The lowest BCUT2D eigenvalue weighted by molar-refractivity contribution is 0.0988. The first-order valence-corrected chi connectivity index (χ1v) is 3.54. The van der Waals surface area contributed by atoms with Gasteiger partial charge in [0.25, 0.3) is 0 Å². The van der Waals surface area contributed by atoms with Crippen molar-refractivity contribution in [2.45, 2.75) is 13.3 Å². The van der Waals surface area contributed by atoms with E-state index in [2.05, 4.69) is 0 Å². The van der Waals surface area contributed by atoms with Crippen LogP contribution in [0.15, 0.2) is 24.3 Å². The number of hydrogen-bond donors (Lipinski definition) is 0. The highest BCUT2D eigenvalue weighted by molar-refractivity contribution is 5.95. The Hall–Kier alpha value is -1.31. The quantitative estimate of drug-likeness (QED) is 0.595. The second-order valence-corrected chi connectivity index (χ2v) is 2.30. The molecule has 0 unspecified atom stereocenters. The Morgan fingerprint density at radius 2 is 1.82 bits per heavy atom. The summed E-state index contributed by atoms with van der Waals surface area (Å²) >= 11 is 0. The predicted molar refractivity (Wildman–Crippen MR) is 41.2 cm³/mol. The van der Waals surface area contributed by atoms with Crippen LogP contribution in [0.5, 0.6) is 5.75 Å². The molecule has 0 aliphatic carbocycles. The van der Waals surface area contributed by atoms with E-state index in [-0.39, 0.29) is 11.5 Å². The van der Waals surface area contributed by atoms with E-state index < -0.39 is 0 Å². The molecule has 0 spiro atoms. The summed E-state index contributed by atoms with van der Waals surface area (Å²) in [6.45, 7) is 1.80. The molecule has 0 bridgehead atoms. The fraction of sp³-hybridized carbons (Fsp3) is 0.222. The van der Waals surface area contributed by atoms with E-state index in [0.29, 0.717) is 12.0 Å². The highest BCUT2D eigenvalue weighted by Crippen LogP contribution is 2.11. The van der Waals surface area contributed by atoms with Gasteiger partial charge in [-0.05, 0) is 24.3 Å². The van der Waals surface area contributed by atoms with Gasteiger partial charge >= 0.3 is 0 Å². The Balaban J connectivity index is 2.90. The van der Waals surface area contributed by atoms with Crippen LogP contribution in [0.4, 0.5) is 0 Å². The molecule has 2 nitrogen and oxygen atoms in total. The van der Waals surface area contributed by atoms with Crippen molar-refractivity contribution >= 4 is 5.78 Å². The molecule has 0 N–H and O–H groups in total. The third-order valence-corrected chi connectivity index (χ3v) is 1.50. The summed E-state index contributed by atoms with van der Waals surface area (Å²) in [5, 5.41) is 10.6. The van der Waals surface area contributed by atoms with Crippen LogP contribution in [0.1, 0.15) is 23.7 Å². The summed E-state index contributed by atoms with van der Waals surface area (Å²) in [4.78, 5) is 11.0. The number of carbonyl (C=O) groups is 1. The van der Waals surface area contributed by atoms with Crippen LogP contribution in [0.3, 0.4) is 0 Å². The van der Waals surface area contributed by atoms with Crippen molar-refractivity contribution < 1.29 is 9.90 Å². The molecule has 11 heavy (non-hydrogen) atoms. The topological polar surface area (TPSA) is 37.0 Å². The minimum Gasteiger partial charge on any atom is -0.294 e. The minimum absolute atomic E-state index is 0.0577. The molecule has 0 aliphatic heterocycles. The Bertz CT molecular complexity index is 249. The fourth-order valence-corrected chi connectivity index (χ4v) is 0.845. The molecule has 0 saturated carbocycles. The molecule has 0 saturated heterocycles. The van der Waals surface area contributed by atoms with Gasteiger partial charge in [0, 0.05) is 12.0 Å². The summed E-state index contributed by atoms with van der Waals surface area (Å²) in [6.07, 6.45) is 0.484. The van der Waals surface area contributed by atoms with Crippen molar-refractivity contribution in [2.24, 2.45) is 0 Å². The van der Waals surface area contributed by atoms with Crippen LogP contribution >= 0.6 is 0 Å². The lowest BCUT2D eigenvalue weighted by Gasteiger charge is -1.94. The fourth-order valence-electron chi connectivity index (χ4n) is 0.845. The van der Waals surface area contributed by atoms with Crippen LogP contribution in [0, 0.1) is 0 Å². The van der Waals surface area contributed by atoms with Gasteiger partial charge < -0.3 is 0 Å². The van der Waals surface area contributed by atoms with E-state index in [1.807, 2.05) is 0 Å². The van der Waals surface area contributed by atoms with Gasteiger partial charge in [-0.15, -0.1) is 0 Å². The lowest BCUT2D eigenvalue weighted by Crippen LogP contribution is -1.94. The van der Waals surface area contributed by atoms with Crippen LogP contribution in [0.2, 0.25) is 0 Å². The molecule has 0 atom stereocenters. The highest BCUT2D eigenvalue weighted by atomic mass is 16.3. The van der Waals surface area contributed by atoms with Crippen molar-refractivity contribution in [1.82, 2.24) is 0 Å². The SMILES string of the molecule is CCC(=O)c1ccc([O])cc1. The maximum Gasteiger partial charge on any atom is 0.178 e. The molecule has 0 heterocycles. The van der Waals surface area contributed by atoms with E-state index in [4.69, 9.17) is 0 Å². The Morgan fingerprint density at radius 3 is 2.27 bits per heavy atom. The van der Waals surface area contributed by atoms with Crippen LogP contribution in [0.25, 0.3) is 0 Å². The van der Waals surface area contributed by atoms with Crippen LogP contribution in [-0.2, 0) is 5.11 Å². The minimum atomic E-state index is -0.0577. The number of benzene rings is 1. The second-order valence-electron chi connectivity index (χ2n) is 2.30. The zero-order valence-corrected chi connectivity index (χ0v) is 6.33. The highest BCUT2D eigenvalue weighted by Gasteiger charge is 2.01. The predicted octanol–water partition coefficient (Wildman–Crippen LogP) is 2.42. The second kappa shape index (κ2) is 3.19. The average molecular weight is 149 g/mol. The standard InChI is InChI=1S/C9H9O2/c1-2-9(11)7-3-5-8(10)6-4-7/h3-6H,2H2,1H3. The molecule has 57 valence electrons. The van der Waals surface area contributed by atoms with Crippen molar-refractivity contribution in [3.05, 3.63) is 29.8 Å². The van der Waals surface area contributed by atoms with Gasteiger partial charge in [0.15, 0.2) is 11.5 Å². The molecular weight excluding hydrogens is 140 g/mol. The molecule has 0 amide bonds. The lowest BCUT2D eigenvalue weighted by atomic mass is 10.1. The number of rotatable bonds is 2. The van der Waals surface area contributed by atoms with Gasteiger partial charge in [0.05, 0.1) is 0 Å². The average Bonchev–Trinajstić information content (AvgIpc) is 2.05. The molecule has 1 rings (SSSR count). The van der Waals surface area contributed by atoms with Gasteiger partial charge in [-0.25, -0.2) is 0 Å². The Kier molecular flexibility index (Phi) is 2.26. The first kappa shape index (κ1) is 7.79. The zero-order valence-electron chi connectivity index (χ0n) is 6.33. The van der Waals surface area contributed by atoms with E-state index in [0.717, 1.165) is 0 Å². The van der Waals surface area contributed by atoms with Gasteiger partial charge in [-0.1, -0.05) is 6.92 Å². The van der Waals surface area contributed by atoms with E-state index >= 15 is 0 Å². The number of carbonyl (C=O) groups excluding carboxylic acids is 1. The number of hydrogen-bond acceptors (Lipinski definition) is 1. The molecule has 0 aliphatic rings. The van der Waals surface area contributed by atoms with E-state index in [9.17, 15) is 9.90 Å². The molecule has 2 heteroatoms. The van der Waals surface area contributed by atoms with E-state index in [1.54, 1.807) is 19.1 Å². The van der Waals surface area contributed by atoms with Gasteiger partial charge in [0.2, 0.25) is 0 Å². The number of Topliss-reactive ketones (excluding diaryl/α,β-unsaturated/α-hetero) is 1. The van der Waals surface area contributed by atoms with E-state index in [1.165, 1.54) is 12.1 Å². The summed E-state index contributed by atoms with van der Waals surface area (Å²) in [6, 6.07) is 5.94. The molecule has 1 aromatic carbocycles. The molecule has 1 aromatic rings.